The van der Waals surface area contributed by atoms with E-state index in [0.29, 0.717) is 23.8 Å². The molecule has 1 aliphatic heterocycles. The molecule has 1 aromatic carbocycles. The van der Waals surface area contributed by atoms with Crippen molar-refractivity contribution in [1.29, 1.82) is 0 Å². The van der Waals surface area contributed by atoms with Gasteiger partial charge in [0.25, 0.3) is 0 Å². The minimum atomic E-state index is -0.115. The van der Waals surface area contributed by atoms with E-state index in [1.165, 1.54) is 5.56 Å². The Labute approximate surface area is 147 Å². The number of carbonyl (C=O) groups is 1. The maximum atomic E-state index is 11.6. The molecule has 1 aliphatic rings. The maximum Gasteiger partial charge on any atom is 0.226 e. The number of quaternary nitrogens is 1. The molecule has 0 unspecified atom stereocenters. The molecule has 1 heterocycles. The van der Waals surface area contributed by atoms with E-state index < -0.39 is 0 Å². The summed E-state index contributed by atoms with van der Waals surface area (Å²) in [4.78, 5) is 13.1. The van der Waals surface area contributed by atoms with Crippen molar-refractivity contribution in [1.82, 2.24) is 5.32 Å². The molecule has 2 rings (SSSR count). The first-order chi connectivity index (χ1) is 11.2. The van der Waals surface area contributed by atoms with E-state index in [-0.39, 0.29) is 5.91 Å². The number of rotatable bonds is 6. The molecular formula is C16H23ClN3O2S+. The number of hydrogen-bond donors (Lipinski definition) is 3. The van der Waals surface area contributed by atoms with Gasteiger partial charge in [0.15, 0.2) is 5.11 Å². The topological polar surface area (TPSA) is 54.8 Å². The molecule has 0 radical (unpaired) electrons. The van der Waals surface area contributed by atoms with Crippen LogP contribution in [0.5, 0.6) is 0 Å². The Balaban J connectivity index is 1.77. The molecule has 5 nitrogen and oxygen atoms in total. The molecule has 0 aliphatic carbocycles. The van der Waals surface area contributed by atoms with Crippen LogP contribution in [0, 0.1) is 0 Å². The number of benzene rings is 1. The molecule has 0 aromatic heterocycles. The largest absolute Gasteiger partial charge is 0.370 e. The van der Waals surface area contributed by atoms with Gasteiger partial charge in [0, 0.05) is 23.6 Å². The Kier molecular flexibility index (Phi) is 7.74. The highest BCUT2D eigenvalue weighted by molar-refractivity contribution is 7.80. The van der Waals surface area contributed by atoms with E-state index >= 15 is 0 Å². The highest BCUT2D eigenvalue weighted by Crippen LogP contribution is 2.09. The molecule has 126 valence electrons. The summed E-state index contributed by atoms with van der Waals surface area (Å²) in [5.74, 6) is 0.357. The van der Waals surface area contributed by atoms with Crippen LogP contribution in [-0.4, -0.2) is 43.2 Å². The number of ether oxygens (including phenoxy) is 1. The highest BCUT2D eigenvalue weighted by Gasteiger charge is 2.14. The van der Waals surface area contributed by atoms with Gasteiger partial charge in [-0.3, -0.25) is 4.79 Å². The summed E-state index contributed by atoms with van der Waals surface area (Å²) in [6.45, 7) is 4.79. The van der Waals surface area contributed by atoms with Crippen molar-refractivity contribution in [2.24, 2.45) is 0 Å². The van der Waals surface area contributed by atoms with E-state index in [4.69, 9.17) is 28.6 Å². The van der Waals surface area contributed by atoms with Gasteiger partial charge in [-0.15, -0.1) is 11.6 Å². The average Bonchev–Trinajstić information content (AvgIpc) is 2.55. The summed E-state index contributed by atoms with van der Waals surface area (Å²) in [5, 5.41) is 5.98. The fourth-order valence-corrected chi connectivity index (χ4v) is 2.78. The summed E-state index contributed by atoms with van der Waals surface area (Å²) in [7, 11) is 0. The van der Waals surface area contributed by atoms with Gasteiger partial charge in [-0.25, -0.2) is 0 Å². The number of thiocarbonyl (C=S) groups is 1. The highest BCUT2D eigenvalue weighted by atomic mass is 35.5. The number of nitrogens with one attached hydrogen (secondary N) is 3. The Morgan fingerprint density at radius 3 is 2.61 bits per heavy atom. The minimum Gasteiger partial charge on any atom is -0.370 e. The molecule has 0 atom stereocenters. The maximum absolute atomic E-state index is 11.6. The number of alkyl halides is 1. The zero-order valence-electron chi connectivity index (χ0n) is 13.1. The Morgan fingerprint density at radius 1 is 1.26 bits per heavy atom. The van der Waals surface area contributed by atoms with Crippen LogP contribution < -0.4 is 15.5 Å². The van der Waals surface area contributed by atoms with Crippen LogP contribution in [0.1, 0.15) is 18.4 Å². The van der Waals surface area contributed by atoms with Gasteiger partial charge in [-0.05, 0) is 30.8 Å². The predicted octanol–water partition coefficient (Wildman–Crippen LogP) is 0.934. The van der Waals surface area contributed by atoms with Crippen LogP contribution >= 0.6 is 23.8 Å². The summed E-state index contributed by atoms with van der Waals surface area (Å²) < 4.78 is 5.37. The summed E-state index contributed by atoms with van der Waals surface area (Å²) in [6, 6.07) is 8.13. The second-order valence-corrected chi connectivity index (χ2v) is 6.32. The van der Waals surface area contributed by atoms with E-state index in [1.54, 1.807) is 4.90 Å². The smallest absolute Gasteiger partial charge is 0.226 e. The second-order valence-electron chi connectivity index (χ2n) is 5.53. The zero-order valence-corrected chi connectivity index (χ0v) is 14.6. The van der Waals surface area contributed by atoms with Crippen molar-refractivity contribution in [3.8, 4) is 0 Å². The van der Waals surface area contributed by atoms with Crippen molar-refractivity contribution in [2.75, 3.05) is 37.5 Å². The van der Waals surface area contributed by atoms with Crippen molar-refractivity contribution < 1.29 is 14.4 Å². The Bertz CT molecular complexity index is 519. The molecular weight excluding hydrogens is 334 g/mol. The van der Waals surface area contributed by atoms with Crippen LogP contribution in [0.2, 0.25) is 0 Å². The monoisotopic (exact) mass is 356 g/mol. The molecule has 3 N–H and O–H groups in total. The molecule has 1 fully saturated rings. The molecule has 1 amide bonds. The molecule has 1 saturated heterocycles. The van der Waals surface area contributed by atoms with Gasteiger partial charge in [-0.1, -0.05) is 12.1 Å². The summed E-state index contributed by atoms with van der Waals surface area (Å²) >= 11 is 10.7. The fraction of sp³-hybridized carbons (Fsp3) is 0.500. The molecule has 23 heavy (non-hydrogen) atoms. The Hall–Kier alpha value is -1.21. The van der Waals surface area contributed by atoms with Crippen LogP contribution in [-0.2, 0) is 16.1 Å². The van der Waals surface area contributed by atoms with Gasteiger partial charge in [-0.2, -0.15) is 0 Å². The molecule has 1 aromatic rings. The van der Waals surface area contributed by atoms with Crippen LogP contribution in [0.4, 0.5) is 5.69 Å². The number of anilines is 1. The van der Waals surface area contributed by atoms with Crippen molar-refractivity contribution >= 4 is 40.5 Å². The second kappa shape index (κ2) is 9.82. The quantitative estimate of drug-likeness (QED) is 0.524. The van der Waals surface area contributed by atoms with Crippen LogP contribution in [0.3, 0.4) is 0 Å². The fourth-order valence-electron chi connectivity index (χ4n) is 2.41. The third-order valence-corrected chi connectivity index (χ3v) is 4.13. The minimum absolute atomic E-state index is 0.115. The Morgan fingerprint density at radius 2 is 1.96 bits per heavy atom. The van der Waals surface area contributed by atoms with Crippen LogP contribution in [0.25, 0.3) is 0 Å². The van der Waals surface area contributed by atoms with E-state index in [1.807, 2.05) is 12.1 Å². The number of halogens is 1. The summed E-state index contributed by atoms with van der Waals surface area (Å²) in [5.41, 5.74) is 2.15. The standard InChI is InChI=1S/C16H22ClN3O2S/c17-7-1-2-15(21)19-16(23)18-14-5-3-13(4-6-14)12-20-8-10-22-11-9-20/h3-6H,1-2,7-12H2,(H2,18,19,21,23)/p+1. The van der Waals surface area contributed by atoms with Gasteiger partial charge >= 0.3 is 0 Å². The van der Waals surface area contributed by atoms with E-state index in [2.05, 4.69) is 22.8 Å². The van der Waals surface area contributed by atoms with Crippen LogP contribution in [0.15, 0.2) is 24.3 Å². The zero-order chi connectivity index (χ0) is 16.5. The lowest BCUT2D eigenvalue weighted by Gasteiger charge is -2.23. The lowest BCUT2D eigenvalue weighted by atomic mass is 10.2. The van der Waals surface area contributed by atoms with Gasteiger partial charge in [0.05, 0.1) is 13.2 Å². The van der Waals surface area contributed by atoms with Crippen molar-refractivity contribution in [3.63, 3.8) is 0 Å². The average molecular weight is 357 g/mol. The lowest BCUT2D eigenvalue weighted by molar-refractivity contribution is -0.921. The first-order valence-corrected chi connectivity index (χ1v) is 8.78. The number of carbonyl (C=O) groups excluding carboxylic acids is 1. The van der Waals surface area contributed by atoms with Gasteiger partial charge < -0.3 is 20.3 Å². The normalized spacial score (nSPS) is 15.2. The first-order valence-electron chi connectivity index (χ1n) is 7.84. The molecule has 7 heteroatoms. The van der Waals surface area contributed by atoms with E-state index in [9.17, 15) is 4.79 Å². The number of hydrogen-bond acceptors (Lipinski definition) is 3. The summed E-state index contributed by atoms with van der Waals surface area (Å²) in [6.07, 6.45) is 1.03. The molecule has 0 saturated carbocycles. The van der Waals surface area contributed by atoms with Gasteiger partial charge in [0.2, 0.25) is 5.91 Å². The first kappa shape index (κ1) is 18.1. The van der Waals surface area contributed by atoms with Gasteiger partial charge in [0.1, 0.15) is 19.6 Å². The van der Waals surface area contributed by atoms with E-state index in [0.717, 1.165) is 38.5 Å². The predicted molar refractivity (Wildman–Crippen MR) is 96.0 cm³/mol. The number of amides is 1. The lowest BCUT2D eigenvalue weighted by Crippen LogP contribution is -3.12. The third kappa shape index (κ3) is 6.83. The third-order valence-electron chi connectivity index (χ3n) is 3.66. The van der Waals surface area contributed by atoms with Crippen molar-refractivity contribution in [2.45, 2.75) is 19.4 Å². The molecule has 0 spiro atoms. The number of morpholine rings is 1. The SMILES string of the molecule is O=C(CCCCl)NC(=S)Nc1ccc(C[NH+]2CCOCC2)cc1. The molecule has 0 bridgehead atoms. The van der Waals surface area contributed by atoms with Crippen molar-refractivity contribution in [3.05, 3.63) is 29.8 Å².